The zero-order chi connectivity index (χ0) is 23.4. The van der Waals surface area contributed by atoms with Crippen molar-refractivity contribution in [3.05, 3.63) is 81.7 Å². The van der Waals surface area contributed by atoms with Gasteiger partial charge in [-0.15, -0.1) is 11.3 Å². The fourth-order valence-electron chi connectivity index (χ4n) is 2.99. The fraction of sp³-hybridized carbons (Fsp3) is 0.0833. The molecule has 33 heavy (non-hydrogen) atoms. The lowest BCUT2D eigenvalue weighted by atomic mass is 10.1. The van der Waals surface area contributed by atoms with Gasteiger partial charge in [-0.2, -0.15) is 0 Å². The van der Waals surface area contributed by atoms with Gasteiger partial charge in [0, 0.05) is 18.2 Å². The van der Waals surface area contributed by atoms with Gasteiger partial charge in [-0.25, -0.2) is 14.6 Å². The van der Waals surface area contributed by atoms with Crippen molar-refractivity contribution in [3.8, 4) is 11.5 Å². The number of methoxy groups -OCH3 is 1. The van der Waals surface area contributed by atoms with E-state index in [1.807, 2.05) is 0 Å². The largest absolute Gasteiger partial charge is 0.493 e. The van der Waals surface area contributed by atoms with Gasteiger partial charge in [0.05, 0.1) is 7.11 Å². The van der Waals surface area contributed by atoms with Gasteiger partial charge in [0.1, 0.15) is 4.88 Å². The van der Waals surface area contributed by atoms with Crippen molar-refractivity contribution in [2.45, 2.75) is 6.92 Å². The number of hydrogen-bond donors (Lipinski definition) is 1. The molecular weight excluding hydrogens is 444 g/mol. The Labute approximate surface area is 193 Å². The Hall–Kier alpha value is -4.24. The molecule has 0 saturated carbocycles. The van der Waals surface area contributed by atoms with Gasteiger partial charge in [0.2, 0.25) is 11.8 Å². The Morgan fingerprint density at radius 3 is 2.55 bits per heavy atom. The summed E-state index contributed by atoms with van der Waals surface area (Å²) in [5, 5.41) is 4.45. The van der Waals surface area contributed by atoms with E-state index in [4.69, 9.17) is 14.2 Å². The lowest BCUT2D eigenvalue weighted by Crippen LogP contribution is -2.07. The van der Waals surface area contributed by atoms with Crippen LogP contribution in [0.2, 0.25) is 0 Å². The number of cyclic esters (lactones) is 1. The number of anilines is 1. The summed E-state index contributed by atoms with van der Waals surface area (Å²) in [7, 11) is 1.46. The number of ether oxygens (including phenoxy) is 3. The number of rotatable bonds is 6. The highest BCUT2D eigenvalue weighted by Gasteiger charge is 2.24. The van der Waals surface area contributed by atoms with Crippen molar-refractivity contribution >= 4 is 46.8 Å². The number of nitrogens with zero attached hydrogens (tertiary/aromatic N) is 1. The van der Waals surface area contributed by atoms with E-state index in [1.165, 1.54) is 25.4 Å². The van der Waals surface area contributed by atoms with Crippen LogP contribution in [0, 0.1) is 0 Å². The Morgan fingerprint density at radius 1 is 1.09 bits per heavy atom. The van der Waals surface area contributed by atoms with Crippen LogP contribution in [0.15, 0.2) is 70.7 Å². The molecule has 1 aliphatic rings. The normalized spacial score (nSPS) is 13.9. The van der Waals surface area contributed by atoms with Crippen molar-refractivity contribution in [2.75, 3.05) is 12.4 Å². The van der Waals surface area contributed by atoms with Gasteiger partial charge in [-0.1, -0.05) is 12.1 Å². The summed E-state index contributed by atoms with van der Waals surface area (Å²) in [6.07, 6.45) is 1.55. The van der Waals surface area contributed by atoms with E-state index < -0.39 is 11.9 Å². The van der Waals surface area contributed by atoms with E-state index in [1.54, 1.807) is 66.1 Å². The molecule has 1 aliphatic heterocycles. The van der Waals surface area contributed by atoms with E-state index in [0.717, 1.165) is 0 Å². The molecule has 0 fully saturated rings. The number of nitrogens with one attached hydrogen (secondary N) is 1. The van der Waals surface area contributed by atoms with Gasteiger partial charge in [-0.05, 0) is 59.5 Å². The second kappa shape index (κ2) is 9.49. The molecule has 1 aromatic heterocycles. The van der Waals surface area contributed by atoms with Crippen LogP contribution in [-0.2, 0) is 14.3 Å². The highest BCUT2D eigenvalue weighted by atomic mass is 32.1. The minimum Gasteiger partial charge on any atom is -0.493 e. The topological polar surface area (TPSA) is 103 Å². The molecule has 9 heteroatoms. The fourth-order valence-corrected chi connectivity index (χ4v) is 3.59. The first-order valence-electron chi connectivity index (χ1n) is 9.77. The van der Waals surface area contributed by atoms with E-state index in [0.29, 0.717) is 27.4 Å². The summed E-state index contributed by atoms with van der Waals surface area (Å²) < 4.78 is 16.0. The summed E-state index contributed by atoms with van der Waals surface area (Å²) in [5.41, 5.74) is 1.94. The molecule has 0 spiro atoms. The van der Waals surface area contributed by atoms with Crippen LogP contribution in [0.1, 0.15) is 27.7 Å². The van der Waals surface area contributed by atoms with Gasteiger partial charge >= 0.3 is 11.9 Å². The third-order valence-corrected chi connectivity index (χ3v) is 5.34. The molecule has 1 N–H and O–H groups in total. The average molecular weight is 462 g/mol. The summed E-state index contributed by atoms with van der Waals surface area (Å²) in [6, 6.07) is 15.1. The molecule has 8 nitrogen and oxygen atoms in total. The van der Waals surface area contributed by atoms with Crippen LogP contribution in [0.5, 0.6) is 11.5 Å². The summed E-state index contributed by atoms with van der Waals surface area (Å²) in [5.74, 6) is -0.501. The molecule has 0 bridgehead atoms. The molecule has 2 aromatic carbocycles. The molecule has 0 atom stereocenters. The lowest BCUT2D eigenvalue weighted by molar-refractivity contribution is -0.129. The van der Waals surface area contributed by atoms with E-state index in [-0.39, 0.29) is 23.3 Å². The van der Waals surface area contributed by atoms with Crippen LogP contribution >= 0.6 is 11.3 Å². The molecule has 2 heterocycles. The lowest BCUT2D eigenvalue weighted by Gasteiger charge is -2.09. The zero-order valence-corrected chi connectivity index (χ0v) is 18.5. The maximum absolute atomic E-state index is 12.3. The number of esters is 2. The maximum atomic E-state index is 12.3. The SMILES string of the molecule is COc1cc(C=C2N=C(c3ccc(NC(C)=O)cc3)OC2=O)ccc1OC(=O)c1cccs1. The molecule has 0 aliphatic carbocycles. The molecule has 0 unspecified atom stereocenters. The molecule has 3 aromatic rings. The van der Waals surface area contributed by atoms with Crippen molar-refractivity contribution in [1.82, 2.24) is 0 Å². The van der Waals surface area contributed by atoms with Crippen LogP contribution in [-0.4, -0.2) is 30.9 Å². The molecule has 0 saturated heterocycles. The van der Waals surface area contributed by atoms with Crippen molar-refractivity contribution in [1.29, 1.82) is 0 Å². The molecule has 0 radical (unpaired) electrons. The van der Waals surface area contributed by atoms with Gasteiger partial charge in [0.15, 0.2) is 17.2 Å². The van der Waals surface area contributed by atoms with Crippen LogP contribution in [0.4, 0.5) is 5.69 Å². The smallest absolute Gasteiger partial charge is 0.363 e. The van der Waals surface area contributed by atoms with Crippen LogP contribution < -0.4 is 14.8 Å². The summed E-state index contributed by atoms with van der Waals surface area (Å²) in [4.78, 5) is 40.4. The predicted molar refractivity (Wildman–Crippen MR) is 124 cm³/mol. The standard InChI is InChI=1S/C24H18N2O6S/c1-14(27)25-17-8-6-16(7-9-17)22-26-18(23(28)32-22)12-15-5-10-19(20(13-15)30-2)31-24(29)21-4-3-11-33-21/h3-13H,1-2H3,(H,25,27). The third kappa shape index (κ3) is 5.16. The summed E-state index contributed by atoms with van der Waals surface area (Å²) in [6.45, 7) is 1.42. The molecule has 166 valence electrons. The predicted octanol–water partition coefficient (Wildman–Crippen LogP) is 4.28. The second-order valence-electron chi connectivity index (χ2n) is 6.87. The summed E-state index contributed by atoms with van der Waals surface area (Å²) >= 11 is 1.28. The Kier molecular flexibility index (Phi) is 6.32. The van der Waals surface area contributed by atoms with Crippen molar-refractivity contribution in [3.63, 3.8) is 0 Å². The number of hydrogen-bond acceptors (Lipinski definition) is 8. The number of carbonyl (C=O) groups excluding carboxylic acids is 3. The molecule has 1 amide bonds. The monoisotopic (exact) mass is 462 g/mol. The van der Waals surface area contributed by atoms with E-state index in [9.17, 15) is 14.4 Å². The van der Waals surface area contributed by atoms with E-state index >= 15 is 0 Å². The first-order chi connectivity index (χ1) is 15.9. The first kappa shape index (κ1) is 22.0. The van der Waals surface area contributed by atoms with Crippen LogP contribution in [0.3, 0.4) is 0 Å². The number of carbonyl (C=O) groups is 3. The van der Waals surface area contributed by atoms with Crippen molar-refractivity contribution in [2.24, 2.45) is 4.99 Å². The highest BCUT2D eigenvalue weighted by molar-refractivity contribution is 7.12. The third-order valence-electron chi connectivity index (χ3n) is 4.49. The number of amides is 1. The minimum absolute atomic E-state index is 0.112. The van der Waals surface area contributed by atoms with Crippen molar-refractivity contribution < 1.29 is 28.6 Å². The average Bonchev–Trinajstić information content (AvgIpc) is 3.45. The quantitative estimate of drug-likeness (QED) is 0.333. The number of thiophene rings is 1. The highest BCUT2D eigenvalue weighted by Crippen LogP contribution is 2.31. The van der Waals surface area contributed by atoms with Gasteiger partial charge < -0.3 is 19.5 Å². The number of benzene rings is 2. The van der Waals surface area contributed by atoms with Crippen LogP contribution in [0.25, 0.3) is 6.08 Å². The molecule has 4 rings (SSSR count). The van der Waals surface area contributed by atoms with Gasteiger partial charge in [-0.3, -0.25) is 4.79 Å². The second-order valence-corrected chi connectivity index (χ2v) is 7.82. The minimum atomic E-state index is -0.594. The van der Waals surface area contributed by atoms with Gasteiger partial charge in [0.25, 0.3) is 0 Å². The Bertz CT molecular complexity index is 1280. The number of aliphatic imine (C=N–C) groups is 1. The Balaban J connectivity index is 1.54. The maximum Gasteiger partial charge on any atom is 0.363 e. The molecular formula is C24H18N2O6S. The van der Waals surface area contributed by atoms with E-state index in [2.05, 4.69) is 10.3 Å². The first-order valence-corrected chi connectivity index (χ1v) is 10.7. The Morgan fingerprint density at radius 2 is 1.88 bits per heavy atom. The zero-order valence-electron chi connectivity index (χ0n) is 17.7.